The van der Waals surface area contributed by atoms with Gasteiger partial charge in [0.15, 0.2) is 11.9 Å². The zero-order valence-electron chi connectivity index (χ0n) is 14.7. The Labute approximate surface area is 151 Å². The largest absolute Gasteiger partial charge is 0.496 e. The molecule has 3 rings (SSSR count). The molecule has 0 unspecified atom stereocenters. The van der Waals surface area contributed by atoms with Gasteiger partial charge in [0, 0.05) is 5.69 Å². The highest BCUT2D eigenvalue weighted by molar-refractivity contribution is 5.94. The van der Waals surface area contributed by atoms with Gasteiger partial charge < -0.3 is 14.8 Å². The summed E-state index contributed by atoms with van der Waals surface area (Å²) in [7, 11) is 1.42. The summed E-state index contributed by atoms with van der Waals surface area (Å²) in [6, 6.07) is 10.1. The highest BCUT2D eigenvalue weighted by Crippen LogP contribution is 2.32. The van der Waals surface area contributed by atoms with Crippen molar-refractivity contribution in [1.29, 1.82) is 0 Å². The van der Waals surface area contributed by atoms with E-state index in [1.165, 1.54) is 30.4 Å². The van der Waals surface area contributed by atoms with Crippen molar-refractivity contribution in [2.45, 2.75) is 32.3 Å². The zero-order chi connectivity index (χ0) is 18.7. The molecule has 7 heteroatoms. The fourth-order valence-electron chi connectivity index (χ4n) is 3.00. The van der Waals surface area contributed by atoms with Crippen LogP contribution in [0.2, 0.25) is 0 Å². The summed E-state index contributed by atoms with van der Waals surface area (Å²) in [6.45, 7) is 1.55. The number of amides is 1. The second kappa shape index (κ2) is 7.43. The quantitative estimate of drug-likeness (QED) is 0.632. The first kappa shape index (κ1) is 17.7. The van der Waals surface area contributed by atoms with Crippen LogP contribution in [0.3, 0.4) is 0 Å². The van der Waals surface area contributed by atoms with Crippen molar-refractivity contribution >= 4 is 17.3 Å². The monoisotopic (exact) mass is 356 g/mol. The summed E-state index contributed by atoms with van der Waals surface area (Å²) in [5.41, 5.74) is 3.03. The van der Waals surface area contributed by atoms with Crippen LogP contribution in [0.25, 0.3) is 0 Å². The molecule has 0 bridgehead atoms. The van der Waals surface area contributed by atoms with Gasteiger partial charge in [-0.1, -0.05) is 6.07 Å². The van der Waals surface area contributed by atoms with Gasteiger partial charge in [0.1, 0.15) is 5.75 Å². The van der Waals surface area contributed by atoms with Gasteiger partial charge >= 0.3 is 5.69 Å². The van der Waals surface area contributed by atoms with E-state index in [-0.39, 0.29) is 17.3 Å². The summed E-state index contributed by atoms with van der Waals surface area (Å²) in [6.07, 6.45) is 2.33. The molecule has 0 fully saturated rings. The van der Waals surface area contributed by atoms with E-state index in [2.05, 4.69) is 5.32 Å². The van der Waals surface area contributed by atoms with E-state index in [1.54, 1.807) is 13.0 Å². The summed E-state index contributed by atoms with van der Waals surface area (Å²) in [5.74, 6) is -0.000221. The maximum atomic E-state index is 12.4. The SMILES string of the molecule is COc1ccc(O[C@H](C)C(=O)Nc2ccc3c(c2)CCC3)c([N+](=O)[O-])c1. The van der Waals surface area contributed by atoms with Crippen molar-refractivity contribution in [3.05, 3.63) is 57.6 Å². The average Bonchev–Trinajstić information content (AvgIpc) is 3.09. The van der Waals surface area contributed by atoms with Crippen LogP contribution in [0, 0.1) is 10.1 Å². The minimum atomic E-state index is -0.893. The number of nitro benzene ring substituents is 1. The molecule has 1 amide bonds. The molecule has 1 aliphatic rings. The summed E-state index contributed by atoms with van der Waals surface area (Å²) in [5, 5.41) is 14.0. The van der Waals surface area contributed by atoms with Crippen LogP contribution in [0.15, 0.2) is 36.4 Å². The lowest BCUT2D eigenvalue weighted by Gasteiger charge is -2.15. The number of nitrogens with zero attached hydrogens (tertiary/aromatic N) is 1. The second-order valence-corrected chi connectivity index (χ2v) is 6.18. The summed E-state index contributed by atoms with van der Waals surface area (Å²) >= 11 is 0. The van der Waals surface area contributed by atoms with Gasteiger partial charge in [0.25, 0.3) is 5.91 Å². The maximum Gasteiger partial charge on any atom is 0.314 e. The molecule has 1 atom stereocenters. The van der Waals surface area contributed by atoms with Crippen LogP contribution in [0.1, 0.15) is 24.5 Å². The van der Waals surface area contributed by atoms with Crippen LogP contribution in [-0.4, -0.2) is 24.0 Å². The molecule has 0 aliphatic heterocycles. The van der Waals surface area contributed by atoms with Crippen molar-refractivity contribution in [2.75, 3.05) is 12.4 Å². The Morgan fingerprint density at radius 1 is 1.19 bits per heavy atom. The number of nitrogens with one attached hydrogen (secondary N) is 1. The average molecular weight is 356 g/mol. The summed E-state index contributed by atoms with van der Waals surface area (Å²) in [4.78, 5) is 23.0. The third-order valence-electron chi connectivity index (χ3n) is 4.40. The highest BCUT2D eigenvalue weighted by Gasteiger charge is 2.22. The molecule has 0 heterocycles. The lowest BCUT2D eigenvalue weighted by atomic mass is 10.1. The molecule has 1 N–H and O–H groups in total. The lowest BCUT2D eigenvalue weighted by Crippen LogP contribution is -2.30. The normalized spacial score (nSPS) is 13.6. The lowest BCUT2D eigenvalue weighted by molar-refractivity contribution is -0.386. The molecule has 2 aromatic carbocycles. The van der Waals surface area contributed by atoms with E-state index in [0.29, 0.717) is 11.4 Å². The van der Waals surface area contributed by atoms with Crippen molar-refractivity contribution in [3.63, 3.8) is 0 Å². The third-order valence-corrected chi connectivity index (χ3v) is 4.40. The number of nitro groups is 1. The molecule has 0 spiro atoms. The van der Waals surface area contributed by atoms with Crippen LogP contribution in [0.4, 0.5) is 11.4 Å². The molecule has 1 aliphatic carbocycles. The Balaban J connectivity index is 1.70. The number of carbonyl (C=O) groups is 1. The number of rotatable bonds is 6. The molecule has 0 saturated heterocycles. The number of anilines is 1. The zero-order valence-corrected chi connectivity index (χ0v) is 14.7. The Kier molecular flexibility index (Phi) is 5.06. The van der Waals surface area contributed by atoms with E-state index in [0.717, 1.165) is 19.3 Å². The Bertz CT molecular complexity index is 850. The molecular weight excluding hydrogens is 336 g/mol. The van der Waals surface area contributed by atoms with Crippen LogP contribution >= 0.6 is 0 Å². The Morgan fingerprint density at radius 3 is 2.69 bits per heavy atom. The van der Waals surface area contributed by atoms with Crippen LogP contribution in [-0.2, 0) is 17.6 Å². The van der Waals surface area contributed by atoms with E-state index >= 15 is 0 Å². The molecule has 0 saturated carbocycles. The standard InChI is InChI=1S/C19H20N2O5/c1-12(26-18-9-8-16(25-2)11-17(18)21(23)24)19(22)20-15-7-6-13-4-3-5-14(13)10-15/h6-12H,3-5H2,1-2H3,(H,20,22)/t12-/m1/s1. The van der Waals surface area contributed by atoms with E-state index in [4.69, 9.17) is 9.47 Å². The Morgan fingerprint density at radius 2 is 1.96 bits per heavy atom. The van der Waals surface area contributed by atoms with Gasteiger partial charge in [-0.2, -0.15) is 0 Å². The van der Waals surface area contributed by atoms with E-state index in [1.807, 2.05) is 18.2 Å². The fourth-order valence-corrected chi connectivity index (χ4v) is 3.00. The number of benzene rings is 2. The predicted octanol–water partition coefficient (Wildman–Crippen LogP) is 3.50. The predicted molar refractivity (Wildman–Crippen MR) is 96.8 cm³/mol. The van der Waals surface area contributed by atoms with Crippen LogP contribution in [0.5, 0.6) is 11.5 Å². The molecule has 0 aromatic heterocycles. The van der Waals surface area contributed by atoms with Gasteiger partial charge in [0.2, 0.25) is 0 Å². The highest BCUT2D eigenvalue weighted by atomic mass is 16.6. The van der Waals surface area contributed by atoms with Crippen molar-refractivity contribution in [2.24, 2.45) is 0 Å². The maximum absolute atomic E-state index is 12.4. The van der Waals surface area contributed by atoms with Gasteiger partial charge in [-0.05, 0) is 61.6 Å². The molecular formula is C19H20N2O5. The minimum absolute atomic E-state index is 0.0207. The first-order chi connectivity index (χ1) is 12.5. The van der Waals surface area contributed by atoms with E-state index in [9.17, 15) is 14.9 Å². The van der Waals surface area contributed by atoms with Crippen molar-refractivity contribution < 1.29 is 19.2 Å². The van der Waals surface area contributed by atoms with Crippen molar-refractivity contribution in [3.8, 4) is 11.5 Å². The van der Waals surface area contributed by atoms with Gasteiger partial charge in [-0.25, -0.2) is 0 Å². The first-order valence-electron chi connectivity index (χ1n) is 8.39. The number of methoxy groups -OCH3 is 1. The van der Waals surface area contributed by atoms with Crippen LogP contribution < -0.4 is 14.8 Å². The number of hydrogen-bond donors (Lipinski definition) is 1. The number of carbonyl (C=O) groups excluding carboxylic acids is 1. The fraction of sp³-hybridized carbons (Fsp3) is 0.316. The van der Waals surface area contributed by atoms with E-state index < -0.39 is 11.0 Å². The first-order valence-corrected chi connectivity index (χ1v) is 8.39. The minimum Gasteiger partial charge on any atom is -0.496 e. The molecule has 0 radical (unpaired) electrons. The van der Waals surface area contributed by atoms with Gasteiger partial charge in [-0.3, -0.25) is 14.9 Å². The van der Waals surface area contributed by atoms with Crippen molar-refractivity contribution in [1.82, 2.24) is 0 Å². The smallest absolute Gasteiger partial charge is 0.314 e. The second-order valence-electron chi connectivity index (χ2n) is 6.18. The topological polar surface area (TPSA) is 90.7 Å². The Hall–Kier alpha value is -3.09. The number of ether oxygens (including phenoxy) is 2. The molecule has 7 nitrogen and oxygen atoms in total. The number of hydrogen-bond acceptors (Lipinski definition) is 5. The molecule has 26 heavy (non-hydrogen) atoms. The third kappa shape index (κ3) is 3.77. The summed E-state index contributed by atoms with van der Waals surface area (Å²) < 4.78 is 10.5. The number of fused-ring (bicyclic) bond motifs is 1. The van der Waals surface area contributed by atoms with Gasteiger partial charge in [0.05, 0.1) is 18.1 Å². The van der Waals surface area contributed by atoms with Gasteiger partial charge in [-0.15, -0.1) is 0 Å². The molecule has 136 valence electrons. The molecule has 2 aromatic rings. The number of aryl methyl sites for hydroxylation is 2.